The second kappa shape index (κ2) is 9.74. The average molecular weight is 358 g/mol. The minimum absolute atomic E-state index is 0.0411. The largest absolute Gasteiger partial charge is 0.497 e. The van der Waals surface area contributed by atoms with E-state index in [1.54, 1.807) is 19.2 Å². The molecule has 0 aliphatic heterocycles. The molecular formula is C19H22N2O3S. The first-order valence-electron chi connectivity index (χ1n) is 8.03. The van der Waals surface area contributed by atoms with Crippen molar-refractivity contribution in [2.24, 2.45) is 0 Å². The topological polar surface area (TPSA) is 67.4 Å². The summed E-state index contributed by atoms with van der Waals surface area (Å²) in [5.74, 6) is 0.982. The van der Waals surface area contributed by atoms with Gasteiger partial charge in [0.15, 0.2) is 0 Å². The zero-order chi connectivity index (χ0) is 18.1. The normalized spacial score (nSPS) is 10.2. The van der Waals surface area contributed by atoms with Crippen molar-refractivity contribution in [3.8, 4) is 5.75 Å². The molecule has 5 nitrogen and oxygen atoms in total. The van der Waals surface area contributed by atoms with Crippen molar-refractivity contribution < 1.29 is 14.3 Å². The van der Waals surface area contributed by atoms with Crippen LogP contribution in [0, 0.1) is 0 Å². The van der Waals surface area contributed by atoms with Crippen LogP contribution >= 0.6 is 11.8 Å². The Morgan fingerprint density at radius 3 is 2.52 bits per heavy atom. The van der Waals surface area contributed by atoms with E-state index in [1.807, 2.05) is 43.3 Å². The summed E-state index contributed by atoms with van der Waals surface area (Å²) in [4.78, 5) is 24.7. The third kappa shape index (κ3) is 6.15. The number of benzene rings is 2. The van der Waals surface area contributed by atoms with Crippen molar-refractivity contribution in [3.05, 3.63) is 59.7 Å². The Morgan fingerprint density at radius 1 is 1.08 bits per heavy atom. The lowest BCUT2D eigenvalue weighted by Gasteiger charge is -2.07. The van der Waals surface area contributed by atoms with Crippen molar-refractivity contribution in [2.45, 2.75) is 18.4 Å². The van der Waals surface area contributed by atoms with E-state index < -0.39 is 0 Å². The fraction of sp³-hybridized carbons (Fsp3) is 0.263. The maximum Gasteiger partial charge on any atom is 0.251 e. The highest BCUT2D eigenvalue weighted by molar-refractivity contribution is 8.00. The van der Waals surface area contributed by atoms with Gasteiger partial charge in [0, 0.05) is 23.5 Å². The van der Waals surface area contributed by atoms with Gasteiger partial charge >= 0.3 is 0 Å². The predicted molar refractivity (Wildman–Crippen MR) is 100 cm³/mol. The summed E-state index contributed by atoms with van der Waals surface area (Å²) < 4.78 is 5.17. The predicted octanol–water partition coefficient (Wildman–Crippen LogP) is 2.85. The Hall–Kier alpha value is -2.47. The summed E-state index contributed by atoms with van der Waals surface area (Å²) in [6, 6.07) is 14.8. The number of hydrogen-bond acceptors (Lipinski definition) is 4. The maximum absolute atomic E-state index is 12.0. The van der Waals surface area contributed by atoms with E-state index in [9.17, 15) is 9.59 Å². The van der Waals surface area contributed by atoms with Crippen LogP contribution in [0.15, 0.2) is 53.4 Å². The van der Waals surface area contributed by atoms with E-state index in [0.717, 1.165) is 16.2 Å². The van der Waals surface area contributed by atoms with Gasteiger partial charge in [-0.2, -0.15) is 0 Å². The second-order valence-electron chi connectivity index (χ2n) is 5.30. The van der Waals surface area contributed by atoms with Crippen LogP contribution < -0.4 is 15.4 Å². The minimum atomic E-state index is -0.0900. The molecule has 0 aromatic heterocycles. The van der Waals surface area contributed by atoms with E-state index in [4.69, 9.17) is 4.74 Å². The van der Waals surface area contributed by atoms with Crippen molar-refractivity contribution in [1.82, 2.24) is 10.6 Å². The van der Waals surface area contributed by atoms with Crippen LogP contribution in [-0.4, -0.2) is 31.2 Å². The number of thioether (sulfide) groups is 1. The lowest BCUT2D eigenvalue weighted by molar-refractivity contribution is -0.118. The molecule has 2 aromatic carbocycles. The zero-order valence-corrected chi connectivity index (χ0v) is 15.2. The molecule has 6 heteroatoms. The van der Waals surface area contributed by atoms with Crippen molar-refractivity contribution in [1.29, 1.82) is 0 Å². The number of nitrogens with one attached hydrogen (secondary N) is 2. The quantitative estimate of drug-likeness (QED) is 0.712. The van der Waals surface area contributed by atoms with Crippen LogP contribution in [-0.2, 0) is 11.3 Å². The average Bonchev–Trinajstić information content (AvgIpc) is 2.65. The molecule has 0 aliphatic rings. The van der Waals surface area contributed by atoms with Crippen LogP contribution in [0.4, 0.5) is 0 Å². The fourth-order valence-electron chi connectivity index (χ4n) is 2.13. The number of rotatable bonds is 8. The molecule has 0 spiro atoms. The van der Waals surface area contributed by atoms with E-state index >= 15 is 0 Å². The molecule has 25 heavy (non-hydrogen) atoms. The first-order chi connectivity index (χ1) is 12.1. The molecule has 0 heterocycles. The molecular weight excluding hydrogens is 336 g/mol. The van der Waals surface area contributed by atoms with Gasteiger partial charge in [0.25, 0.3) is 5.91 Å². The fourth-order valence-corrected chi connectivity index (χ4v) is 2.90. The summed E-state index contributed by atoms with van der Waals surface area (Å²) in [6.07, 6.45) is 0. The van der Waals surface area contributed by atoms with E-state index in [-0.39, 0.29) is 11.8 Å². The monoisotopic (exact) mass is 358 g/mol. The first kappa shape index (κ1) is 18.9. The molecule has 0 saturated carbocycles. The highest BCUT2D eigenvalue weighted by atomic mass is 32.2. The molecule has 2 amide bonds. The van der Waals surface area contributed by atoms with Crippen LogP contribution in [0.2, 0.25) is 0 Å². The van der Waals surface area contributed by atoms with Crippen molar-refractivity contribution in [3.63, 3.8) is 0 Å². The molecule has 0 unspecified atom stereocenters. The molecule has 0 aliphatic carbocycles. The third-order valence-corrected chi connectivity index (χ3v) is 4.45. The highest BCUT2D eigenvalue weighted by Crippen LogP contribution is 2.22. The Bertz CT molecular complexity index is 717. The van der Waals surface area contributed by atoms with Crippen molar-refractivity contribution in [2.75, 3.05) is 19.4 Å². The number of hydrogen-bond donors (Lipinski definition) is 2. The van der Waals surface area contributed by atoms with Crippen LogP contribution in [0.25, 0.3) is 0 Å². The molecule has 2 rings (SSSR count). The Kier molecular flexibility index (Phi) is 7.35. The smallest absolute Gasteiger partial charge is 0.251 e. The molecule has 0 saturated heterocycles. The number of amides is 2. The van der Waals surface area contributed by atoms with E-state index in [0.29, 0.717) is 24.4 Å². The van der Waals surface area contributed by atoms with E-state index in [2.05, 4.69) is 10.6 Å². The van der Waals surface area contributed by atoms with Gasteiger partial charge < -0.3 is 15.4 Å². The van der Waals surface area contributed by atoms with Gasteiger partial charge in [-0.3, -0.25) is 9.59 Å². The van der Waals surface area contributed by atoms with E-state index in [1.165, 1.54) is 11.8 Å². The standard InChI is InChI=1S/C19H22N2O3S/c1-3-20-19(23)15-9-7-14(8-10-15)12-21-18(22)13-25-17-6-4-5-16(11-17)24-2/h4-11H,3,12-13H2,1-2H3,(H,20,23)(H,21,22). The van der Waals surface area contributed by atoms with Gasteiger partial charge in [-0.05, 0) is 42.8 Å². The lowest BCUT2D eigenvalue weighted by Crippen LogP contribution is -2.25. The Labute approximate surface area is 152 Å². The summed E-state index contributed by atoms with van der Waals surface area (Å²) in [7, 11) is 1.62. The first-order valence-corrected chi connectivity index (χ1v) is 9.01. The van der Waals surface area contributed by atoms with Gasteiger partial charge in [0.05, 0.1) is 12.9 Å². The number of carbonyl (C=O) groups excluding carboxylic acids is 2. The SMILES string of the molecule is CCNC(=O)c1ccc(CNC(=O)CSc2cccc(OC)c2)cc1. The highest BCUT2D eigenvalue weighted by Gasteiger charge is 2.06. The lowest BCUT2D eigenvalue weighted by atomic mass is 10.1. The minimum Gasteiger partial charge on any atom is -0.497 e. The van der Waals surface area contributed by atoms with Gasteiger partial charge in [-0.1, -0.05) is 18.2 Å². The molecule has 0 fully saturated rings. The molecule has 0 bridgehead atoms. The van der Waals surface area contributed by atoms with Crippen LogP contribution in [0.3, 0.4) is 0 Å². The third-order valence-electron chi connectivity index (χ3n) is 3.45. The summed E-state index contributed by atoms with van der Waals surface area (Å²) in [5, 5.41) is 5.63. The van der Waals surface area contributed by atoms with Crippen LogP contribution in [0.1, 0.15) is 22.8 Å². The molecule has 2 aromatic rings. The van der Waals surface area contributed by atoms with Gasteiger partial charge in [-0.25, -0.2) is 0 Å². The van der Waals surface area contributed by atoms with Gasteiger partial charge in [0.2, 0.25) is 5.91 Å². The number of methoxy groups -OCH3 is 1. The number of ether oxygens (including phenoxy) is 1. The van der Waals surface area contributed by atoms with Crippen LogP contribution in [0.5, 0.6) is 5.75 Å². The molecule has 0 radical (unpaired) electrons. The molecule has 0 atom stereocenters. The summed E-state index contributed by atoms with van der Waals surface area (Å²) in [5.41, 5.74) is 1.57. The molecule has 132 valence electrons. The number of carbonyl (C=O) groups is 2. The maximum atomic E-state index is 12.0. The Balaban J connectivity index is 1.78. The second-order valence-corrected chi connectivity index (χ2v) is 6.35. The molecule has 2 N–H and O–H groups in total. The Morgan fingerprint density at radius 2 is 1.84 bits per heavy atom. The van der Waals surface area contributed by atoms with Crippen molar-refractivity contribution >= 4 is 23.6 Å². The van der Waals surface area contributed by atoms with Gasteiger partial charge in [0.1, 0.15) is 5.75 Å². The summed E-state index contributed by atoms with van der Waals surface area (Å²) >= 11 is 1.46. The zero-order valence-electron chi connectivity index (χ0n) is 14.4. The summed E-state index contributed by atoms with van der Waals surface area (Å²) in [6.45, 7) is 2.92. The van der Waals surface area contributed by atoms with Gasteiger partial charge in [-0.15, -0.1) is 11.8 Å².